The van der Waals surface area contributed by atoms with Crippen LogP contribution in [0.2, 0.25) is 0 Å². The first-order valence-corrected chi connectivity index (χ1v) is 11.1. The van der Waals surface area contributed by atoms with Crippen LogP contribution in [-0.4, -0.2) is 52.6 Å². The van der Waals surface area contributed by atoms with Gasteiger partial charge in [-0.3, -0.25) is 9.59 Å². The van der Waals surface area contributed by atoms with E-state index in [2.05, 4.69) is 12.1 Å². The Hall–Kier alpha value is -1.34. The van der Waals surface area contributed by atoms with Crippen molar-refractivity contribution in [3.8, 4) is 5.75 Å². The minimum Gasteiger partial charge on any atom is -0.484 e. The average molecular weight is 396 g/mol. The van der Waals surface area contributed by atoms with Gasteiger partial charge in [0.2, 0.25) is 0 Å². The van der Waals surface area contributed by atoms with Gasteiger partial charge in [0.25, 0.3) is 5.91 Å². The van der Waals surface area contributed by atoms with E-state index in [1.165, 1.54) is 23.5 Å². The third-order valence-electron chi connectivity index (χ3n) is 4.54. The molecule has 1 unspecified atom stereocenters. The van der Waals surface area contributed by atoms with E-state index in [1.54, 1.807) is 11.8 Å². The summed E-state index contributed by atoms with van der Waals surface area (Å²) in [6.07, 6.45) is 3.17. The number of hydrogen-bond acceptors (Lipinski definition) is 5. The van der Waals surface area contributed by atoms with Crippen molar-refractivity contribution in [2.24, 2.45) is 5.92 Å². The summed E-state index contributed by atoms with van der Waals surface area (Å²) in [5, 5.41) is 9.08. The van der Waals surface area contributed by atoms with Gasteiger partial charge in [-0.2, -0.15) is 0 Å². The van der Waals surface area contributed by atoms with Crippen molar-refractivity contribution >= 4 is 35.4 Å². The maximum Gasteiger partial charge on any atom is 0.308 e. The van der Waals surface area contributed by atoms with Gasteiger partial charge in [0.15, 0.2) is 6.61 Å². The summed E-state index contributed by atoms with van der Waals surface area (Å²) < 4.78 is 6.15. The zero-order valence-electron chi connectivity index (χ0n) is 14.9. The van der Waals surface area contributed by atoms with E-state index in [0.29, 0.717) is 10.3 Å². The fraction of sp³-hybridized carbons (Fsp3) is 0.579. The predicted molar refractivity (Wildman–Crippen MR) is 106 cm³/mol. The molecule has 0 bridgehead atoms. The molecule has 142 valence electrons. The van der Waals surface area contributed by atoms with Crippen LogP contribution in [0.15, 0.2) is 24.3 Å². The number of carbonyl (C=O) groups excluding carboxylic acids is 1. The van der Waals surface area contributed by atoms with Crippen LogP contribution in [0, 0.1) is 5.92 Å². The molecule has 5 nitrogen and oxygen atoms in total. The van der Waals surface area contributed by atoms with Crippen LogP contribution >= 0.6 is 23.5 Å². The van der Waals surface area contributed by atoms with Gasteiger partial charge in [-0.15, -0.1) is 23.5 Å². The maximum atomic E-state index is 12.5. The summed E-state index contributed by atoms with van der Waals surface area (Å²) in [6, 6.07) is 8.15. The molecule has 2 aliphatic rings. The van der Waals surface area contributed by atoms with Gasteiger partial charge in [-0.1, -0.05) is 19.1 Å². The van der Waals surface area contributed by atoms with Crippen LogP contribution in [-0.2, 0) is 9.59 Å². The monoisotopic (exact) mass is 395 g/mol. The van der Waals surface area contributed by atoms with Crippen molar-refractivity contribution in [2.75, 3.05) is 24.7 Å². The topological polar surface area (TPSA) is 66.8 Å². The third kappa shape index (κ3) is 5.33. The van der Waals surface area contributed by atoms with Gasteiger partial charge in [0.1, 0.15) is 5.75 Å². The fourth-order valence-corrected chi connectivity index (χ4v) is 5.74. The van der Waals surface area contributed by atoms with Crippen LogP contribution < -0.4 is 4.74 Å². The summed E-state index contributed by atoms with van der Waals surface area (Å²) >= 11 is 3.95. The molecule has 1 aliphatic heterocycles. The van der Waals surface area contributed by atoms with Crippen LogP contribution in [0.5, 0.6) is 5.75 Å². The Morgan fingerprint density at radius 1 is 1.23 bits per heavy atom. The summed E-state index contributed by atoms with van der Waals surface area (Å²) in [4.78, 5) is 25.2. The second-order valence-electron chi connectivity index (χ2n) is 6.80. The standard InChI is InChI=1S/C19H25NO4S2/c1-13(18(22)23)11-20(15-5-6-15)17(21)12-24-16-7-3-14(4-8-16)19-25-9-2-10-26-19/h3-4,7-8,13,15,19H,2,5-6,9-12H2,1H3,(H,22,23). The van der Waals surface area contributed by atoms with E-state index in [1.807, 2.05) is 35.7 Å². The van der Waals surface area contributed by atoms with Crippen molar-refractivity contribution in [3.63, 3.8) is 0 Å². The summed E-state index contributed by atoms with van der Waals surface area (Å²) in [5.74, 6) is 1.51. The SMILES string of the molecule is CC(CN(C(=O)COc1ccc(C2SCCCS2)cc1)C1CC1)C(=O)O. The van der Waals surface area contributed by atoms with E-state index in [4.69, 9.17) is 9.84 Å². The lowest BCUT2D eigenvalue weighted by Gasteiger charge is -2.24. The lowest BCUT2D eigenvalue weighted by Crippen LogP contribution is -2.41. The van der Waals surface area contributed by atoms with Crippen LogP contribution in [0.25, 0.3) is 0 Å². The Balaban J connectivity index is 1.52. The molecule has 0 radical (unpaired) electrons. The lowest BCUT2D eigenvalue weighted by molar-refractivity contribution is -0.143. The van der Waals surface area contributed by atoms with Crippen molar-refractivity contribution in [1.82, 2.24) is 4.90 Å². The summed E-state index contributed by atoms with van der Waals surface area (Å²) in [5.41, 5.74) is 1.29. The van der Waals surface area contributed by atoms with Crippen LogP contribution in [0.3, 0.4) is 0 Å². The molecule has 1 N–H and O–H groups in total. The minimum absolute atomic E-state index is 0.0465. The van der Waals surface area contributed by atoms with E-state index in [9.17, 15) is 9.59 Å². The number of rotatable bonds is 8. The van der Waals surface area contributed by atoms with Gasteiger partial charge in [-0.25, -0.2) is 0 Å². The zero-order chi connectivity index (χ0) is 18.5. The molecule has 1 heterocycles. The van der Waals surface area contributed by atoms with Gasteiger partial charge in [0.05, 0.1) is 10.5 Å². The highest BCUT2D eigenvalue weighted by molar-refractivity contribution is 8.16. The van der Waals surface area contributed by atoms with Crippen LogP contribution in [0.1, 0.15) is 36.3 Å². The molecule has 1 aromatic carbocycles. The molecule has 1 atom stereocenters. The molecule has 1 aliphatic carbocycles. The largest absolute Gasteiger partial charge is 0.484 e. The van der Waals surface area contributed by atoms with Gasteiger partial charge >= 0.3 is 5.97 Å². The second-order valence-corrected chi connectivity index (χ2v) is 9.53. The number of ether oxygens (including phenoxy) is 1. The minimum atomic E-state index is -0.876. The second kappa shape index (κ2) is 9.04. The predicted octanol–water partition coefficient (Wildman–Crippen LogP) is 3.65. The van der Waals surface area contributed by atoms with Crippen molar-refractivity contribution in [1.29, 1.82) is 0 Å². The van der Waals surface area contributed by atoms with Crippen LogP contribution in [0.4, 0.5) is 0 Å². The molecule has 3 rings (SSSR count). The Bertz CT molecular complexity index is 627. The molecular formula is C19H25NO4S2. The number of carboxylic acids is 1. The van der Waals surface area contributed by atoms with Gasteiger partial charge in [0, 0.05) is 12.6 Å². The fourth-order valence-electron chi connectivity index (χ4n) is 2.84. The van der Waals surface area contributed by atoms with Gasteiger partial charge < -0.3 is 14.7 Å². The Morgan fingerprint density at radius 3 is 2.46 bits per heavy atom. The first-order chi connectivity index (χ1) is 12.5. The van der Waals surface area contributed by atoms with Crippen molar-refractivity contribution in [3.05, 3.63) is 29.8 Å². The maximum absolute atomic E-state index is 12.5. The smallest absolute Gasteiger partial charge is 0.308 e. The van der Waals surface area contributed by atoms with E-state index < -0.39 is 11.9 Å². The summed E-state index contributed by atoms with van der Waals surface area (Å²) in [6.45, 7) is 1.83. The first-order valence-electron chi connectivity index (χ1n) is 9.03. The molecule has 0 aromatic heterocycles. The van der Waals surface area contributed by atoms with E-state index >= 15 is 0 Å². The number of aliphatic carboxylic acids is 1. The lowest BCUT2D eigenvalue weighted by atomic mass is 10.1. The number of carbonyl (C=O) groups is 2. The average Bonchev–Trinajstić information content (AvgIpc) is 3.50. The molecule has 2 fully saturated rings. The molecule has 26 heavy (non-hydrogen) atoms. The quantitative estimate of drug-likeness (QED) is 0.725. The van der Waals surface area contributed by atoms with Crippen molar-refractivity contribution in [2.45, 2.75) is 36.8 Å². The number of thioether (sulfide) groups is 2. The highest BCUT2D eigenvalue weighted by atomic mass is 32.2. The molecule has 1 amide bonds. The Kier molecular flexibility index (Phi) is 6.75. The first kappa shape index (κ1) is 19.4. The molecule has 1 aromatic rings. The molecular weight excluding hydrogens is 370 g/mol. The molecule has 7 heteroatoms. The highest BCUT2D eigenvalue weighted by Gasteiger charge is 2.34. The van der Waals surface area contributed by atoms with Gasteiger partial charge in [-0.05, 0) is 48.5 Å². The highest BCUT2D eigenvalue weighted by Crippen LogP contribution is 2.43. The number of hydrogen-bond donors (Lipinski definition) is 1. The number of amides is 1. The number of benzene rings is 1. The molecule has 0 spiro atoms. The number of nitrogens with zero attached hydrogens (tertiary/aromatic N) is 1. The molecule has 1 saturated carbocycles. The summed E-state index contributed by atoms with van der Waals surface area (Å²) in [7, 11) is 0. The van der Waals surface area contributed by atoms with Crippen molar-refractivity contribution < 1.29 is 19.4 Å². The third-order valence-corrected chi connectivity index (χ3v) is 7.56. The Labute approximate surface area is 162 Å². The van der Waals surface area contributed by atoms with E-state index in [0.717, 1.165) is 12.8 Å². The Morgan fingerprint density at radius 2 is 1.88 bits per heavy atom. The normalized spacial score (nSPS) is 19.0. The number of carboxylic acid groups (broad SMARTS) is 1. The van der Waals surface area contributed by atoms with E-state index in [-0.39, 0.29) is 25.1 Å². The zero-order valence-corrected chi connectivity index (χ0v) is 16.6. The molecule has 1 saturated heterocycles.